The quantitative estimate of drug-likeness (QED) is 0.0405. The molecular weight excluding hydrogens is 1070 g/mol. The highest BCUT2D eigenvalue weighted by molar-refractivity contribution is 5.19. The number of benzene rings is 7. The molecular formula is C68H76O16. The fourth-order valence-electron chi connectivity index (χ4n) is 10.6. The van der Waals surface area contributed by atoms with Crippen LogP contribution >= 0.6 is 0 Å². The van der Waals surface area contributed by atoms with Crippen molar-refractivity contribution in [1.29, 1.82) is 0 Å². The molecule has 0 unspecified atom stereocenters. The van der Waals surface area contributed by atoms with Crippen molar-refractivity contribution < 1.29 is 76.9 Å². The molecule has 3 aliphatic rings. The van der Waals surface area contributed by atoms with Gasteiger partial charge in [0.25, 0.3) is 0 Å². The van der Waals surface area contributed by atoms with Crippen LogP contribution < -0.4 is 0 Å². The SMILES string of the molecule is CO[C@@H]1O[C@H](CO)[C@@H](O[C@H]2O[C@H](COCc3ccccc3)[C@@H](O[C@@H]3O[C@H](COCc4ccccc4)[C@@H](OCc4ccccc4)[C@H](OCc4ccccc4)[C@H]3OCc3ccccc3)[C@H](OCc3ccccc3)[C@H]2OCc2ccccc2)[C@H](O)[C@H]1O. The number of ether oxygens (including phenoxy) is 13. The second kappa shape index (κ2) is 31.9. The van der Waals surface area contributed by atoms with Crippen LogP contribution in [-0.4, -0.2) is 134 Å². The fourth-order valence-corrected chi connectivity index (χ4v) is 10.6. The molecule has 3 aliphatic heterocycles. The van der Waals surface area contributed by atoms with Crippen molar-refractivity contribution in [3.05, 3.63) is 251 Å². The minimum absolute atomic E-state index is 0.0583. The molecule has 3 heterocycles. The Balaban J connectivity index is 1.08. The molecule has 0 bridgehead atoms. The van der Waals surface area contributed by atoms with E-state index in [-0.39, 0.29) is 59.5 Å². The Morgan fingerprint density at radius 1 is 0.310 bits per heavy atom. The van der Waals surface area contributed by atoms with Gasteiger partial charge in [0.2, 0.25) is 0 Å². The van der Waals surface area contributed by atoms with E-state index in [1.165, 1.54) is 7.11 Å². The van der Waals surface area contributed by atoms with E-state index in [1.54, 1.807) is 0 Å². The summed E-state index contributed by atoms with van der Waals surface area (Å²) in [5, 5.41) is 33.8. The highest BCUT2D eigenvalue weighted by atomic mass is 16.8. The third-order valence-electron chi connectivity index (χ3n) is 15.0. The molecule has 3 saturated heterocycles. The highest BCUT2D eigenvalue weighted by Crippen LogP contribution is 2.38. The number of aliphatic hydroxyl groups excluding tert-OH is 3. The van der Waals surface area contributed by atoms with Gasteiger partial charge in [-0.2, -0.15) is 0 Å². The zero-order chi connectivity index (χ0) is 57.7. The summed E-state index contributed by atoms with van der Waals surface area (Å²) in [6, 6.07) is 68.7. The molecule has 0 amide bonds. The molecule has 7 aromatic carbocycles. The highest BCUT2D eigenvalue weighted by Gasteiger charge is 2.56. The summed E-state index contributed by atoms with van der Waals surface area (Å²) in [5.74, 6) is 0. The van der Waals surface area contributed by atoms with Crippen molar-refractivity contribution in [1.82, 2.24) is 0 Å². The molecule has 16 heteroatoms. The molecule has 0 aromatic heterocycles. The molecule has 3 N–H and O–H groups in total. The molecule has 0 spiro atoms. The van der Waals surface area contributed by atoms with E-state index in [0.717, 1.165) is 38.9 Å². The van der Waals surface area contributed by atoms with Crippen molar-refractivity contribution in [3.8, 4) is 0 Å². The monoisotopic (exact) mass is 1150 g/mol. The lowest BCUT2D eigenvalue weighted by Crippen LogP contribution is -2.68. The largest absolute Gasteiger partial charge is 0.394 e. The van der Waals surface area contributed by atoms with E-state index in [4.69, 9.17) is 61.6 Å². The Morgan fingerprint density at radius 2 is 0.595 bits per heavy atom. The Bertz CT molecular complexity index is 2900. The predicted octanol–water partition coefficient (Wildman–Crippen LogP) is 8.65. The van der Waals surface area contributed by atoms with E-state index in [1.807, 2.05) is 212 Å². The molecule has 0 aliphatic carbocycles. The lowest BCUT2D eigenvalue weighted by atomic mass is 9.95. The zero-order valence-corrected chi connectivity index (χ0v) is 47.1. The standard InChI is InChI=1S/C68H76O16/c1-72-66-58(71)57(70)59(54(37-69)80-66)83-67-65(79-44-53-35-21-8-22-36-53)63(77-42-51-31-17-6-18-32-51)61(56(82-67)46-74-39-48-25-11-3-12-26-48)84-68-64(78-43-52-33-19-7-20-34-52)62(76-41-50-29-15-5-16-30-50)60(75-40-49-27-13-4-14-28-49)55(81-68)45-73-38-47-23-9-2-10-24-47/h2-36,54-71H,37-46H2,1H3/t54-,55-,56-,57-,58-,59-,60-,61-,62+,63+,64-,65-,66-,67-,68+/m1/s1. The number of hydrogen-bond donors (Lipinski definition) is 3. The van der Waals surface area contributed by atoms with Crippen LogP contribution in [-0.2, 0) is 108 Å². The van der Waals surface area contributed by atoms with Crippen LogP contribution in [0.25, 0.3) is 0 Å². The van der Waals surface area contributed by atoms with Crippen molar-refractivity contribution in [3.63, 3.8) is 0 Å². The first-order valence-electron chi connectivity index (χ1n) is 28.7. The smallest absolute Gasteiger partial charge is 0.187 e. The Morgan fingerprint density at radius 3 is 0.940 bits per heavy atom. The molecule has 84 heavy (non-hydrogen) atoms. The second-order valence-corrected chi connectivity index (χ2v) is 21.0. The van der Waals surface area contributed by atoms with Gasteiger partial charge in [-0.15, -0.1) is 0 Å². The van der Waals surface area contributed by atoms with Crippen LogP contribution in [0.15, 0.2) is 212 Å². The number of rotatable bonds is 29. The van der Waals surface area contributed by atoms with Crippen molar-refractivity contribution >= 4 is 0 Å². The maximum atomic E-state index is 11.8. The molecule has 15 atom stereocenters. The van der Waals surface area contributed by atoms with E-state index in [2.05, 4.69) is 0 Å². The summed E-state index contributed by atoms with van der Waals surface area (Å²) in [6.45, 7) is 0.578. The van der Waals surface area contributed by atoms with Crippen LogP contribution in [0.4, 0.5) is 0 Å². The Labute approximate surface area is 491 Å². The van der Waals surface area contributed by atoms with Crippen LogP contribution in [0.1, 0.15) is 38.9 Å². The van der Waals surface area contributed by atoms with Crippen molar-refractivity contribution in [2.75, 3.05) is 26.9 Å². The zero-order valence-electron chi connectivity index (χ0n) is 47.1. The van der Waals surface area contributed by atoms with Crippen LogP contribution in [0.2, 0.25) is 0 Å². The van der Waals surface area contributed by atoms with E-state index in [9.17, 15) is 15.3 Å². The summed E-state index contributed by atoms with van der Waals surface area (Å²) in [5.41, 5.74) is 6.35. The van der Waals surface area contributed by atoms with E-state index < -0.39 is 98.7 Å². The van der Waals surface area contributed by atoms with Gasteiger partial charge < -0.3 is 76.9 Å². The molecule has 444 valence electrons. The van der Waals surface area contributed by atoms with Crippen LogP contribution in [0, 0.1) is 0 Å². The summed E-state index contributed by atoms with van der Waals surface area (Å²) in [6.07, 6.45) is -17.4. The first kappa shape index (κ1) is 61.0. The van der Waals surface area contributed by atoms with Crippen LogP contribution in [0.3, 0.4) is 0 Å². The fraction of sp³-hybridized carbons (Fsp3) is 0.382. The third kappa shape index (κ3) is 16.9. The molecule has 7 aromatic rings. The van der Waals surface area contributed by atoms with Crippen molar-refractivity contribution in [2.45, 2.75) is 138 Å². The van der Waals surface area contributed by atoms with Gasteiger partial charge >= 0.3 is 0 Å². The van der Waals surface area contributed by atoms with Crippen LogP contribution in [0.5, 0.6) is 0 Å². The normalized spacial score (nSPS) is 28.0. The Kier molecular flexibility index (Phi) is 23.1. The van der Waals surface area contributed by atoms with Gasteiger partial charge in [-0.3, -0.25) is 0 Å². The minimum atomic E-state index is -1.60. The van der Waals surface area contributed by atoms with Gasteiger partial charge in [0.15, 0.2) is 18.9 Å². The summed E-state index contributed by atoms with van der Waals surface area (Å²) >= 11 is 0. The second-order valence-electron chi connectivity index (χ2n) is 21.0. The minimum Gasteiger partial charge on any atom is -0.394 e. The molecule has 3 fully saturated rings. The molecule has 10 rings (SSSR count). The summed E-state index contributed by atoms with van der Waals surface area (Å²) < 4.78 is 88.7. The number of aliphatic hydroxyl groups is 3. The maximum Gasteiger partial charge on any atom is 0.187 e. The molecule has 0 radical (unpaired) electrons. The molecule has 16 nitrogen and oxygen atoms in total. The predicted molar refractivity (Wildman–Crippen MR) is 309 cm³/mol. The average Bonchev–Trinajstić information content (AvgIpc) is 3.34. The van der Waals surface area contributed by atoms with Gasteiger partial charge in [-0.25, -0.2) is 0 Å². The van der Waals surface area contributed by atoms with Crippen molar-refractivity contribution in [2.24, 2.45) is 0 Å². The van der Waals surface area contributed by atoms with Gasteiger partial charge in [0.1, 0.15) is 73.2 Å². The number of hydrogen-bond acceptors (Lipinski definition) is 16. The molecule has 0 saturated carbocycles. The van der Waals surface area contributed by atoms with Gasteiger partial charge in [0.05, 0.1) is 66.1 Å². The lowest BCUT2D eigenvalue weighted by Gasteiger charge is -2.51. The summed E-state index contributed by atoms with van der Waals surface area (Å²) in [7, 11) is 1.34. The van der Waals surface area contributed by atoms with E-state index in [0.29, 0.717) is 0 Å². The Hall–Kier alpha value is -6.10. The maximum absolute atomic E-state index is 11.8. The van der Waals surface area contributed by atoms with E-state index >= 15 is 0 Å². The van der Waals surface area contributed by atoms with Gasteiger partial charge in [-0.05, 0) is 38.9 Å². The van der Waals surface area contributed by atoms with Gasteiger partial charge in [0, 0.05) is 7.11 Å². The summed E-state index contributed by atoms with van der Waals surface area (Å²) in [4.78, 5) is 0. The average molecular weight is 1150 g/mol. The first-order chi connectivity index (χ1) is 41.4. The van der Waals surface area contributed by atoms with Gasteiger partial charge in [-0.1, -0.05) is 212 Å². The topological polar surface area (TPSA) is 181 Å². The number of methoxy groups -OCH3 is 1. The lowest BCUT2D eigenvalue weighted by molar-refractivity contribution is -0.391. The third-order valence-corrected chi connectivity index (χ3v) is 15.0. The first-order valence-corrected chi connectivity index (χ1v) is 28.7.